The second-order valence-corrected chi connectivity index (χ2v) is 5.77. The summed E-state index contributed by atoms with van der Waals surface area (Å²) in [6.45, 7) is 1.43. The number of rotatable bonds is 6. The first-order valence-corrected chi connectivity index (χ1v) is 6.98. The van der Waals surface area contributed by atoms with Gasteiger partial charge < -0.3 is 4.74 Å². The lowest BCUT2D eigenvalue weighted by molar-refractivity contribution is -0.386. The quantitative estimate of drug-likeness (QED) is 0.621. The van der Waals surface area contributed by atoms with Crippen molar-refractivity contribution in [2.45, 2.75) is 6.92 Å². The molecule has 0 aromatic heterocycles. The lowest BCUT2D eigenvalue weighted by atomic mass is 10.2. The number of nitrogens with two attached hydrogens (primary N) is 1. The van der Waals surface area contributed by atoms with Gasteiger partial charge in [0, 0.05) is 18.1 Å². The molecular formula is C10H13FN2O5S. The Morgan fingerprint density at radius 3 is 2.68 bits per heavy atom. The van der Waals surface area contributed by atoms with Crippen molar-refractivity contribution in [1.82, 2.24) is 0 Å². The Morgan fingerprint density at radius 2 is 2.16 bits per heavy atom. The van der Waals surface area contributed by atoms with E-state index in [1.807, 2.05) is 0 Å². The highest BCUT2D eigenvalue weighted by Crippen LogP contribution is 2.27. The molecule has 1 aromatic carbocycles. The minimum Gasteiger partial charge on any atom is -0.486 e. The van der Waals surface area contributed by atoms with Crippen LogP contribution in [-0.2, 0) is 10.0 Å². The fraction of sp³-hybridized carbons (Fsp3) is 0.400. The minimum absolute atomic E-state index is 0.124. The van der Waals surface area contributed by atoms with Gasteiger partial charge in [0.05, 0.1) is 17.3 Å². The van der Waals surface area contributed by atoms with Crippen LogP contribution in [0.25, 0.3) is 0 Å². The maximum Gasteiger partial charge on any atom is 0.311 e. The fourth-order valence-electron chi connectivity index (χ4n) is 1.43. The molecule has 1 atom stereocenters. The number of halogens is 1. The van der Waals surface area contributed by atoms with E-state index in [1.165, 1.54) is 0 Å². The number of nitrogens with zero attached hydrogens (tertiary/aromatic N) is 1. The van der Waals surface area contributed by atoms with Gasteiger partial charge in [-0.05, 0) is 6.07 Å². The predicted molar refractivity (Wildman–Crippen MR) is 65.7 cm³/mol. The number of hydrogen-bond donors (Lipinski definition) is 1. The first kappa shape index (κ1) is 15.3. The Labute approximate surface area is 109 Å². The Hall–Kier alpha value is -1.74. The Morgan fingerprint density at radius 1 is 1.53 bits per heavy atom. The van der Waals surface area contributed by atoms with Gasteiger partial charge in [0.15, 0.2) is 5.75 Å². The number of nitro groups is 1. The van der Waals surface area contributed by atoms with Gasteiger partial charge in [-0.3, -0.25) is 10.1 Å². The maximum atomic E-state index is 13.0. The van der Waals surface area contributed by atoms with Crippen LogP contribution < -0.4 is 9.88 Å². The van der Waals surface area contributed by atoms with Gasteiger partial charge in [-0.15, -0.1) is 0 Å². The summed E-state index contributed by atoms with van der Waals surface area (Å²) in [5.41, 5.74) is -0.385. The van der Waals surface area contributed by atoms with Gasteiger partial charge in [-0.25, -0.2) is 17.9 Å². The average molecular weight is 292 g/mol. The number of primary sulfonamides is 1. The topological polar surface area (TPSA) is 113 Å². The van der Waals surface area contributed by atoms with E-state index >= 15 is 0 Å². The average Bonchev–Trinajstić information content (AvgIpc) is 2.23. The van der Waals surface area contributed by atoms with Crippen LogP contribution in [0.1, 0.15) is 6.92 Å². The van der Waals surface area contributed by atoms with Crippen molar-refractivity contribution in [2.75, 3.05) is 12.4 Å². The maximum absolute atomic E-state index is 13.0. The zero-order valence-electron chi connectivity index (χ0n) is 10.1. The molecule has 0 spiro atoms. The Bertz CT molecular complexity index is 575. The molecule has 106 valence electrons. The van der Waals surface area contributed by atoms with E-state index in [0.717, 1.165) is 18.2 Å². The van der Waals surface area contributed by atoms with Crippen LogP contribution in [0, 0.1) is 21.8 Å². The van der Waals surface area contributed by atoms with Gasteiger partial charge in [-0.1, -0.05) is 6.92 Å². The molecule has 0 aliphatic carbocycles. The second-order valence-electron chi connectivity index (χ2n) is 4.11. The molecule has 1 unspecified atom stereocenters. The summed E-state index contributed by atoms with van der Waals surface area (Å²) in [7, 11) is -3.65. The summed E-state index contributed by atoms with van der Waals surface area (Å²) in [6, 6.07) is 2.80. The zero-order valence-corrected chi connectivity index (χ0v) is 10.9. The van der Waals surface area contributed by atoms with E-state index < -0.39 is 26.7 Å². The van der Waals surface area contributed by atoms with Crippen LogP contribution >= 0.6 is 0 Å². The molecule has 9 heteroatoms. The monoisotopic (exact) mass is 292 g/mol. The Kier molecular flexibility index (Phi) is 4.78. The highest BCUT2D eigenvalue weighted by molar-refractivity contribution is 7.89. The lowest BCUT2D eigenvalue weighted by Crippen LogP contribution is -2.25. The normalized spacial score (nSPS) is 13.0. The van der Waals surface area contributed by atoms with Crippen molar-refractivity contribution in [1.29, 1.82) is 0 Å². The van der Waals surface area contributed by atoms with Gasteiger partial charge in [0.1, 0.15) is 5.82 Å². The molecule has 0 amide bonds. The molecule has 2 N–H and O–H groups in total. The van der Waals surface area contributed by atoms with Gasteiger partial charge >= 0.3 is 5.69 Å². The number of ether oxygens (including phenoxy) is 1. The van der Waals surface area contributed by atoms with Crippen molar-refractivity contribution in [3.63, 3.8) is 0 Å². The zero-order chi connectivity index (χ0) is 14.6. The van der Waals surface area contributed by atoms with Gasteiger partial charge in [-0.2, -0.15) is 0 Å². The molecule has 0 saturated carbocycles. The Balaban J connectivity index is 2.77. The second kappa shape index (κ2) is 5.93. The minimum atomic E-state index is -3.65. The van der Waals surface area contributed by atoms with E-state index in [-0.39, 0.29) is 23.8 Å². The molecular weight excluding hydrogens is 279 g/mol. The number of sulfonamides is 1. The molecule has 0 aliphatic rings. The van der Waals surface area contributed by atoms with E-state index in [1.54, 1.807) is 6.92 Å². The molecule has 0 radical (unpaired) electrons. The summed E-state index contributed by atoms with van der Waals surface area (Å²) >= 11 is 0. The third-order valence-corrected chi connectivity index (χ3v) is 3.19. The molecule has 19 heavy (non-hydrogen) atoms. The molecule has 0 heterocycles. The highest BCUT2D eigenvalue weighted by Gasteiger charge is 2.18. The molecule has 1 rings (SSSR count). The summed E-state index contributed by atoms with van der Waals surface area (Å²) in [4.78, 5) is 9.98. The summed E-state index contributed by atoms with van der Waals surface area (Å²) < 4.78 is 39.7. The fourth-order valence-corrected chi connectivity index (χ4v) is 2.32. The summed E-state index contributed by atoms with van der Waals surface area (Å²) in [5.74, 6) is -1.72. The van der Waals surface area contributed by atoms with Crippen molar-refractivity contribution >= 4 is 15.7 Å². The summed E-state index contributed by atoms with van der Waals surface area (Å²) in [5, 5.41) is 15.5. The van der Waals surface area contributed by atoms with E-state index in [9.17, 15) is 22.9 Å². The van der Waals surface area contributed by atoms with Gasteiger partial charge in [0.2, 0.25) is 10.0 Å². The van der Waals surface area contributed by atoms with Crippen molar-refractivity contribution in [3.8, 4) is 5.75 Å². The molecule has 0 saturated heterocycles. The van der Waals surface area contributed by atoms with Crippen molar-refractivity contribution in [2.24, 2.45) is 11.1 Å². The van der Waals surface area contributed by atoms with Crippen LogP contribution in [0.3, 0.4) is 0 Å². The third-order valence-electron chi connectivity index (χ3n) is 2.16. The summed E-state index contributed by atoms with van der Waals surface area (Å²) in [6.07, 6.45) is 0. The smallest absolute Gasteiger partial charge is 0.311 e. The van der Waals surface area contributed by atoms with Crippen LogP contribution in [0.15, 0.2) is 18.2 Å². The molecule has 0 bridgehead atoms. The van der Waals surface area contributed by atoms with E-state index in [0.29, 0.717) is 0 Å². The SMILES string of the molecule is CC(COc1cc(F)ccc1[N+](=O)[O-])CS(N)(=O)=O. The predicted octanol–water partition coefficient (Wildman–Crippen LogP) is 1.04. The first-order chi connectivity index (χ1) is 8.69. The van der Waals surface area contributed by atoms with Crippen LogP contribution in [0.5, 0.6) is 5.75 Å². The standard InChI is InChI=1S/C10H13FN2O5S/c1-7(6-19(12,16)17)5-18-10-4-8(11)2-3-9(10)13(14)15/h2-4,7H,5-6H2,1H3,(H2,12,16,17). The molecule has 0 fully saturated rings. The van der Waals surface area contributed by atoms with Crippen molar-refractivity contribution in [3.05, 3.63) is 34.1 Å². The molecule has 7 nitrogen and oxygen atoms in total. The number of benzene rings is 1. The van der Waals surface area contributed by atoms with Crippen LogP contribution in [-0.4, -0.2) is 25.7 Å². The van der Waals surface area contributed by atoms with Crippen molar-refractivity contribution < 1.29 is 22.5 Å². The van der Waals surface area contributed by atoms with E-state index in [4.69, 9.17) is 9.88 Å². The highest BCUT2D eigenvalue weighted by atomic mass is 32.2. The van der Waals surface area contributed by atoms with Crippen LogP contribution in [0.4, 0.5) is 10.1 Å². The van der Waals surface area contributed by atoms with Gasteiger partial charge in [0.25, 0.3) is 0 Å². The first-order valence-electron chi connectivity index (χ1n) is 5.26. The van der Waals surface area contributed by atoms with E-state index in [2.05, 4.69) is 0 Å². The number of hydrogen-bond acceptors (Lipinski definition) is 5. The lowest BCUT2D eigenvalue weighted by Gasteiger charge is -2.12. The third kappa shape index (κ3) is 5.18. The molecule has 0 aliphatic heterocycles. The largest absolute Gasteiger partial charge is 0.486 e. The number of nitro benzene ring substituents is 1. The van der Waals surface area contributed by atoms with Crippen LogP contribution in [0.2, 0.25) is 0 Å². The molecule has 1 aromatic rings.